The van der Waals surface area contributed by atoms with Crippen molar-refractivity contribution in [3.05, 3.63) is 0 Å². The normalized spacial score (nSPS) is 12.3. The van der Waals surface area contributed by atoms with Crippen LogP contribution in [0.2, 0.25) is 0 Å². The second kappa shape index (κ2) is 7.26. The van der Waals surface area contributed by atoms with E-state index in [4.69, 9.17) is 4.74 Å². The van der Waals surface area contributed by atoms with Crippen molar-refractivity contribution in [3.8, 4) is 0 Å². The minimum Gasteiger partial charge on any atom is -0.464 e. The highest BCUT2D eigenvalue weighted by Gasteiger charge is 2.10. The van der Waals surface area contributed by atoms with Crippen molar-refractivity contribution in [1.82, 2.24) is 5.32 Å². The highest BCUT2D eigenvalue weighted by Crippen LogP contribution is 1.99. The third-order valence-corrected chi connectivity index (χ3v) is 2.18. The van der Waals surface area contributed by atoms with Crippen LogP contribution in [0.1, 0.15) is 34.1 Å². The van der Waals surface area contributed by atoms with Gasteiger partial charge in [0, 0.05) is 5.92 Å². The van der Waals surface area contributed by atoms with Gasteiger partial charge in [0.05, 0.1) is 12.5 Å². The summed E-state index contributed by atoms with van der Waals surface area (Å²) in [6, 6.07) is 0. The summed E-state index contributed by atoms with van der Waals surface area (Å²) in [5, 5.41) is 2.71. The van der Waals surface area contributed by atoms with E-state index < -0.39 is 0 Å². The monoisotopic (exact) mass is 215 g/mol. The molecule has 4 nitrogen and oxygen atoms in total. The summed E-state index contributed by atoms with van der Waals surface area (Å²) < 4.78 is 4.91. The van der Waals surface area contributed by atoms with Gasteiger partial charge in [-0.25, -0.2) is 0 Å². The Kier molecular flexibility index (Phi) is 6.75. The van der Waals surface area contributed by atoms with E-state index >= 15 is 0 Å². The molecule has 0 radical (unpaired) electrons. The van der Waals surface area contributed by atoms with Gasteiger partial charge in [-0.2, -0.15) is 0 Å². The quantitative estimate of drug-likeness (QED) is 0.537. The number of hydrogen-bond donors (Lipinski definition) is 1. The van der Waals surface area contributed by atoms with Gasteiger partial charge in [-0.15, -0.1) is 0 Å². The van der Waals surface area contributed by atoms with Crippen molar-refractivity contribution in [2.75, 3.05) is 13.2 Å². The molecule has 0 aromatic rings. The van der Waals surface area contributed by atoms with Crippen molar-refractivity contribution in [2.45, 2.75) is 34.1 Å². The molecule has 0 aliphatic carbocycles. The first-order chi connectivity index (χ1) is 6.99. The molecule has 0 bridgehead atoms. The zero-order valence-electron chi connectivity index (χ0n) is 10.0. The molecule has 1 N–H and O–H groups in total. The Labute approximate surface area is 91.4 Å². The van der Waals surface area contributed by atoms with Crippen LogP contribution in [0.4, 0.5) is 0 Å². The Balaban J connectivity index is 3.55. The Morgan fingerprint density at radius 3 is 2.33 bits per heavy atom. The molecule has 88 valence electrons. The number of carbonyl (C=O) groups is 2. The first-order valence-electron chi connectivity index (χ1n) is 5.43. The fourth-order valence-electron chi connectivity index (χ4n) is 0.852. The molecule has 1 unspecified atom stereocenters. The number of ether oxygens (including phenoxy) is 1. The van der Waals surface area contributed by atoms with E-state index in [1.807, 2.05) is 13.8 Å². The number of hydrogen-bond acceptors (Lipinski definition) is 3. The summed E-state index contributed by atoms with van der Waals surface area (Å²) in [5.74, 6) is -0.313. The highest BCUT2D eigenvalue weighted by atomic mass is 16.5. The first-order valence-corrected chi connectivity index (χ1v) is 5.43. The fraction of sp³-hybridized carbons (Fsp3) is 0.818. The van der Waals surface area contributed by atoms with Crippen LogP contribution in [-0.2, 0) is 14.3 Å². The molecule has 0 fully saturated rings. The molecular formula is C11H21NO3. The molecule has 0 heterocycles. The Bertz CT molecular complexity index is 214. The van der Waals surface area contributed by atoms with Crippen molar-refractivity contribution in [2.24, 2.45) is 11.8 Å². The van der Waals surface area contributed by atoms with E-state index in [9.17, 15) is 9.59 Å². The zero-order chi connectivity index (χ0) is 11.8. The van der Waals surface area contributed by atoms with Gasteiger partial charge in [0.25, 0.3) is 0 Å². The number of nitrogens with one attached hydrogen (secondary N) is 1. The van der Waals surface area contributed by atoms with Crippen LogP contribution in [0.15, 0.2) is 0 Å². The number of amides is 1. The molecule has 0 saturated heterocycles. The van der Waals surface area contributed by atoms with Crippen LogP contribution in [0.5, 0.6) is 0 Å². The molecule has 0 aliphatic heterocycles. The average Bonchev–Trinajstić information content (AvgIpc) is 2.22. The Morgan fingerprint density at radius 1 is 1.27 bits per heavy atom. The smallest absolute Gasteiger partial charge is 0.308 e. The Hall–Kier alpha value is -1.06. The van der Waals surface area contributed by atoms with Crippen LogP contribution < -0.4 is 5.32 Å². The Morgan fingerprint density at radius 2 is 1.87 bits per heavy atom. The molecule has 0 aromatic heterocycles. The number of esters is 1. The maximum absolute atomic E-state index is 11.3. The lowest BCUT2D eigenvalue weighted by Crippen LogP contribution is -2.32. The van der Waals surface area contributed by atoms with Gasteiger partial charge in [0.15, 0.2) is 0 Å². The molecule has 1 atom stereocenters. The second-order valence-corrected chi connectivity index (χ2v) is 3.92. The van der Waals surface area contributed by atoms with Gasteiger partial charge in [0.2, 0.25) is 5.91 Å². The third-order valence-electron chi connectivity index (χ3n) is 2.18. The van der Waals surface area contributed by atoms with Crippen molar-refractivity contribution in [3.63, 3.8) is 0 Å². The van der Waals surface area contributed by atoms with Crippen LogP contribution >= 0.6 is 0 Å². The van der Waals surface area contributed by atoms with Gasteiger partial charge in [-0.3, -0.25) is 9.59 Å². The summed E-state index contributed by atoms with van der Waals surface area (Å²) >= 11 is 0. The number of carbonyl (C=O) groups excluding carboxylic acids is 2. The van der Waals surface area contributed by atoms with Crippen molar-refractivity contribution in [1.29, 1.82) is 0 Å². The maximum Gasteiger partial charge on any atom is 0.308 e. The van der Waals surface area contributed by atoms with Crippen LogP contribution in [0, 0.1) is 11.8 Å². The van der Waals surface area contributed by atoms with E-state index in [2.05, 4.69) is 5.32 Å². The highest BCUT2D eigenvalue weighted by molar-refractivity contribution is 5.78. The summed E-state index contributed by atoms with van der Waals surface area (Å²) in [6.07, 6.45) is 0.817. The summed E-state index contributed by atoms with van der Waals surface area (Å²) in [4.78, 5) is 22.3. The largest absolute Gasteiger partial charge is 0.464 e. The molecule has 0 spiro atoms. The van der Waals surface area contributed by atoms with Gasteiger partial charge in [-0.05, 0) is 6.42 Å². The molecule has 0 aliphatic rings. The van der Waals surface area contributed by atoms with E-state index in [1.54, 1.807) is 13.8 Å². The SMILES string of the molecule is CCC(C)C(=O)NCCOC(=O)C(C)C. The van der Waals surface area contributed by atoms with Crippen LogP contribution in [0.25, 0.3) is 0 Å². The lowest BCUT2D eigenvalue weighted by atomic mass is 10.1. The summed E-state index contributed by atoms with van der Waals surface area (Å²) in [6.45, 7) is 8.03. The van der Waals surface area contributed by atoms with Crippen molar-refractivity contribution >= 4 is 11.9 Å². The van der Waals surface area contributed by atoms with Gasteiger partial charge < -0.3 is 10.1 Å². The minimum atomic E-state index is -0.229. The topological polar surface area (TPSA) is 55.4 Å². The third kappa shape index (κ3) is 6.10. The molecule has 1 amide bonds. The standard InChI is InChI=1S/C11H21NO3/c1-5-9(4)10(13)12-6-7-15-11(14)8(2)3/h8-9H,5-7H2,1-4H3,(H,12,13). The molecule has 0 rings (SSSR count). The zero-order valence-corrected chi connectivity index (χ0v) is 10.0. The second-order valence-electron chi connectivity index (χ2n) is 3.92. The van der Waals surface area contributed by atoms with Crippen LogP contribution in [-0.4, -0.2) is 25.0 Å². The predicted octanol–water partition coefficient (Wildman–Crippen LogP) is 1.35. The van der Waals surface area contributed by atoms with E-state index in [0.717, 1.165) is 6.42 Å². The number of rotatable bonds is 6. The molecule has 15 heavy (non-hydrogen) atoms. The van der Waals surface area contributed by atoms with Crippen LogP contribution in [0.3, 0.4) is 0 Å². The average molecular weight is 215 g/mol. The predicted molar refractivity (Wildman–Crippen MR) is 58.3 cm³/mol. The van der Waals surface area contributed by atoms with Gasteiger partial charge in [-0.1, -0.05) is 27.7 Å². The lowest BCUT2D eigenvalue weighted by Gasteiger charge is -2.10. The summed E-state index contributed by atoms with van der Waals surface area (Å²) in [7, 11) is 0. The fourth-order valence-corrected chi connectivity index (χ4v) is 0.852. The molecule has 0 aromatic carbocycles. The maximum atomic E-state index is 11.3. The van der Waals surface area contributed by atoms with E-state index in [0.29, 0.717) is 6.54 Å². The summed E-state index contributed by atoms with van der Waals surface area (Å²) in [5.41, 5.74) is 0. The van der Waals surface area contributed by atoms with Gasteiger partial charge >= 0.3 is 5.97 Å². The lowest BCUT2D eigenvalue weighted by molar-refractivity contribution is -0.147. The van der Waals surface area contributed by atoms with E-state index in [-0.39, 0.29) is 30.3 Å². The van der Waals surface area contributed by atoms with E-state index in [1.165, 1.54) is 0 Å². The van der Waals surface area contributed by atoms with Gasteiger partial charge in [0.1, 0.15) is 6.61 Å². The molecular weight excluding hydrogens is 194 g/mol. The first kappa shape index (κ1) is 13.9. The molecule has 4 heteroatoms. The minimum absolute atomic E-state index is 0.0121. The van der Waals surface area contributed by atoms with Crippen molar-refractivity contribution < 1.29 is 14.3 Å². The molecule has 0 saturated carbocycles.